The molecule has 0 bridgehead atoms. The summed E-state index contributed by atoms with van der Waals surface area (Å²) in [6, 6.07) is 9.54. The van der Waals surface area contributed by atoms with Crippen LogP contribution in [0.4, 0.5) is 0 Å². The van der Waals surface area contributed by atoms with Crippen LogP contribution >= 0.6 is 0 Å². The third-order valence-corrected chi connectivity index (χ3v) is 2.60. The molecule has 0 amide bonds. The minimum Gasteiger partial charge on any atom is -0.511 e. The Kier molecular flexibility index (Phi) is 3.23. The Morgan fingerprint density at radius 2 is 1.94 bits per heavy atom. The van der Waals surface area contributed by atoms with E-state index in [1.165, 1.54) is 0 Å². The second-order valence-electron chi connectivity index (χ2n) is 3.81. The highest BCUT2D eigenvalue weighted by atomic mass is 16.5. The molecule has 0 spiro atoms. The molecule has 88 valence electrons. The fourth-order valence-electron chi connectivity index (χ4n) is 1.70. The van der Waals surface area contributed by atoms with Crippen molar-refractivity contribution < 1.29 is 19.4 Å². The van der Waals surface area contributed by atoms with Crippen molar-refractivity contribution in [2.24, 2.45) is 0 Å². The first-order valence-corrected chi connectivity index (χ1v) is 5.35. The van der Waals surface area contributed by atoms with Gasteiger partial charge in [-0.25, -0.2) is 4.79 Å². The van der Waals surface area contributed by atoms with Crippen molar-refractivity contribution in [2.45, 2.75) is 12.8 Å². The average molecular weight is 232 g/mol. The Balaban J connectivity index is 2.07. The highest BCUT2D eigenvalue weighted by molar-refractivity contribution is 6.22. The third-order valence-electron chi connectivity index (χ3n) is 2.60. The SMILES string of the molecule is O=C1COC(=O)/C1=C(/O)CCc1ccccc1. The van der Waals surface area contributed by atoms with Gasteiger partial charge in [0.1, 0.15) is 11.3 Å². The van der Waals surface area contributed by atoms with E-state index in [0.29, 0.717) is 6.42 Å². The molecule has 0 saturated carbocycles. The van der Waals surface area contributed by atoms with Gasteiger partial charge in [-0.1, -0.05) is 30.3 Å². The van der Waals surface area contributed by atoms with Gasteiger partial charge >= 0.3 is 5.97 Å². The molecule has 1 N–H and O–H groups in total. The second-order valence-corrected chi connectivity index (χ2v) is 3.81. The van der Waals surface area contributed by atoms with E-state index >= 15 is 0 Å². The molecule has 1 aromatic carbocycles. The number of ketones is 1. The van der Waals surface area contributed by atoms with Crippen molar-refractivity contribution in [1.29, 1.82) is 0 Å². The van der Waals surface area contributed by atoms with Crippen LogP contribution in [0.5, 0.6) is 0 Å². The Morgan fingerprint density at radius 3 is 2.53 bits per heavy atom. The zero-order valence-corrected chi connectivity index (χ0v) is 9.18. The second kappa shape index (κ2) is 4.82. The van der Waals surface area contributed by atoms with E-state index in [1.807, 2.05) is 30.3 Å². The lowest BCUT2D eigenvalue weighted by Gasteiger charge is -2.02. The van der Waals surface area contributed by atoms with Crippen LogP contribution < -0.4 is 0 Å². The summed E-state index contributed by atoms with van der Waals surface area (Å²) >= 11 is 0. The molecule has 1 heterocycles. The zero-order chi connectivity index (χ0) is 12.3. The van der Waals surface area contributed by atoms with Gasteiger partial charge < -0.3 is 9.84 Å². The van der Waals surface area contributed by atoms with Gasteiger partial charge in [0, 0.05) is 6.42 Å². The van der Waals surface area contributed by atoms with Crippen molar-refractivity contribution in [3.8, 4) is 0 Å². The number of esters is 1. The van der Waals surface area contributed by atoms with Crippen LogP contribution in [0, 0.1) is 0 Å². The highest BCUT2D eigenvalue weighted by Gasteiger charge is 2.31. The molecular formula is C13H12O4. The summed E-state index contributed by atoms with van der Waals surface area (Å²) in [6.45, 7) is -0.260. The summed E-state index contributed by atoms with van der Waals surface area (Å²) in [7, 11) is 0. The van der Waals surface area contributed by atoms with Crippen LogP contribution in [0.1, 0.15) is 12.0 Å². The van der Waals surface area contributed by atoms with Gasteiger partial charge in [0.05, 0.1) is 0 Å². The molecule has 0 aromatic heterocycles. The highest BCUT2D eigenvalue weighted by Crippen LogP contribution is 2.17. The Bertz CT molecular complexity index is 455. The molecule has 4 heteroatoms. The normalized spacial score (nSPS) is 18.1. The number of allylic oxidation sites excluding steroid dienone is 1. The van der Waals surface area contributed by atoms with Crippen LogP contribution in [-0.4, -0.2) is 23.5 Å². The quantitative estimate of drug-likeness (QED) is 0.372. The molecule has 1 aromatic rings. The van der Waals surface area contributed by atoms with Crippen LogP contribution in [0.25, 0.3) is 0 Å². The number of aliphatic hydroxyl groups is 1. The summed E-state index contributed by atoms with van der Waals surface area (Å²) < 4.78 is 4.54. The zero-order valence-electron chi connectivity index (χ0n) is 9.18. The number of carbonyl (C=O) groups is 2. The Hall–Kier alpha value is -2.10. The molecule has 0 atom stereocenters. The fraction of sp³-hybridized carbons (Fsp3) is 0.231. The van der Waals surface area contributed by atoms with Gasteiger partial charge in [-0.05, 0) is 12.0 Å². The van der Waals surface area contributed by atoms with Gasteiger partial charge in [-0.3, -0.25) is 4.79 Å². The molecular weight excluding hydrogens is 220 g/mol. The summed E-state index contributed by atoms with van der Waals surface area (Å²) in [5.41, 5.74) is 0.847. The molecule has 1 saturated heterocycles. The predicted molar refractivity (Wildman–Crippen MR) is 60.4 cm³/mol. The van der Waals surface area contributed by atoms with E-state index in [1.54, 1.807) is 0 Å². The van der Waals surface area contributed by atoms with E-state index in [-0.39, 0.29) is 24.4 Å². The number of rotatable bonds is 3. The molecule has 2 rings (SSSR count). The van der Waals surface area contributed by atoms with Gasteiger partial charge in [0.25, 0.3) is 0 Å². The van der Waals surface area contributed by atoms with Crippen molar-refractivity contribution in [1.82, 2.24) is 0 Å². The molecule has 1 fully saturated rings. The lowest BCUT2D eigenvalue weighted by molar-refractivity contribution is -0.135. The molecule has 1 aliphatic rings. The maximum absolute atomic E-state index is 11.3. The predicted octanol–water partition coefficient (Wildman–Crippen LogP) is 1.56. The number of cyclic esters (lactones) is 1. The summed E-state index contributed by atoms with van der Waals surface area (Å²) in [5.74, 6) is -1.34. The smallest absolute Gasteiger partial charge is 0.345 e. The molecule has 0 aliphatic carbocycles. The average Bonchev–Trinajstić information content (AvgIpc) is 2.67. The van der Waals surface area contributed by atoms with Crippen molar-refractivity contribution in [2.75, 3.05) is 6.61 Å². The molecule has 17 heavy (non-hydrogen) atoms. The number of ether oxygens (including phenoxy) is 1. The lowest BCUT2D eigenvalue weighted by Crippen LogP contribution is -2.06. The first-order valence-electron chi connectivity index (χ1n) is 5.35. The lowest BCUT2D eigenvalue weighted by atomic mass is 10.1. The van der Waals surface area contributed by atoms with Crippen LogP contribution in [0.3, 0.4) is 0 Å². The Morgan fingerprint density at radius 1 is 1.24 bits per heavy atom. The number of carbonyl (C=O) groups excluding carboxylic acids is 2. The molecule has 0 radical (unpaired) electrons. The van der Waals surface area contributed by atoms with Crippen LogP contribution in [0.2, 0.25) is 0 Å². The van der Waals surface area contributed by atoms with Gasteiger partial charge in [0.15, 0.2) is 6.61 Å². The number of aliphatic hydroxyl groups excluding tert-OH is 1. The number of benzene rings is 1. The van der Waals surface area contributed by atoms with Gasteiger partial charge in [0.2, 0.25) is 5.78 Å². The summed E-state index contributed by atoms with van der Waals surface area (Å²) in [4.78, 5) is 22.5. The van der Waals surface area contributed by atoms with Crippen LogP contribution in [0.15, 0.2) is 41.7 Å². The largest absolute Gasteiger partial charge is 0.511 e. The maximum atomic E-state index is 11.3. The Labute approximate surface area is 98.5 Å². The van der Waals surface area contributed by atoms with Crippen LogP contribution in [-0.2, 0) is 20.7 Å². The van der Waals surface area contributed by atoms with E-state index in [0.717, 1.165) is 5.56 Å². The standard InChI is InChI=1S/C13H12O4/c14-10(12-11(15)8-17-13(12)16)7-6-9-4-2-1-3-5-9/h1-5,14H,6-8H2/b12-10+. The number of Topliss-reactive ketones (excluding diaryl/α,β-unsaturated/α-hetero) is 1. The monoisotopic (exact) mass is 232 g/mol. The summed E-state index contributed by atoms with van der Waals surface area (Å²) in [6.07, 6.45) is 0.844. The minimum absolute atomic E-state index is 0.179. The first-order chi connectivity index (χ1) is 8.18. The van der Waals surface area contributed by atoms with Crippen molar-refractivity contribution >= 4 is 11.8 Å². The van der Waals surface area contributed by atoms with Gasteiger partial charge in [-0.2, -0.15) is 0 Å². The van der Waals surface area contributed by atoms with E-state index in [9.17, 15) is 14.7 Å². The minimum atomic E-state index is -0.722. The first kappa shape index (κ1) is 11.4. The third kappa shape index (κ3) is 2.53. The van der Waals surface area contributed by atoms with E-state index in [4.69, 9.17) is 0 Å². The molecule has 0 unspecified atom stereocenters. The number of aryl methyl sites for hydroxylation is 1. The topological polar surface area (TPSA) is 63.6 Å². The van der Waals surface area contributed by atoms with E-state index < -0.39 is 11.8 Å². The number of hydrogen-bond acceptors (Lipinski definition) is 4. The number of hydrogen-bond donors (Lipinski definition) is 1. The summed E-state index contributed by atoms with van der Waals surface area (Å²) in [5, 5.41) is 9.71. The molecule has 4 nitrogen and oxygen atoms in total. The molecule has 1 aliphatic heterocycles. The van der Waals surface area contributed by atoms with Crippen molar-refractivity contribution in [3.05, 3.63) is 47.2 Å². The maximum Gasteiger partial charge on any atom is 0.345 e. The van der Waals surface area contributed by atoms with Gasteiger partial charge in [-0.15, -0.1) is 0 Å². The fourth-order valence-corrected chi connectivity index (χ4v) is 1.70. The van der Waals surface area contributed by atoms with Crippen molar-refractivity contribution in [3.63, 3.8) is 0 Å². The van der Waals surface area contributed by atoms with E-state index in [2.05, 4.69) is 4.74 Å².